The van der Waals surface area contributed by atoms with Crippen molar-refractivity contribution in [1.29, 1.82) is 0 Å². The van der Waals surface area contributed by atoms with E-state index < -0.39 is 5.97 Å². The molecule has 0 spiro atoms. The zero-order chi connectivity index (χ0) is 21.9. The standard InChI is InChI=1S/C28H23NO3/c30-26(20-11-5-2-6-12-20)18-32-28(31)27-22-13-7-8-14-24(22)29-25-16-15-21(17-23(25)27)19-9-3-1-4-10-19/h1-14,21H,15-18H2/t21-/m0/s1. The third-order valence-corrected chi connectivity index (χ3v) is 6.16. The first-order valence-electron chi connectivity index (χ1n) is 10.9. The summed E-state index contributed by atoms with van der Waals surface area (Å²) in [4.78, 5) is 30.6. The number of ketones is 1. The molecule has 1 aliphatic rings. The van der Waals surface area contributed by atoms with Crippen molar-refractivity contribution in [3.05, 3.63) is 113 Å². The fourth-order valence-corrected chi connectivity index (χ4v) is 4.54. The van der Waals surface area contributed by atoms with E-state index in [1.54, 1.807) is 24.3 Å². The minimum Gasteiger partial charge on any atom is -0.454 e. The fraction of sp³-hybridized carbons (Fsp3) is 0.179. The molecule has 0 N–H and O–H groups in total. The van der Waals surface area contributed by atoms with Crippen molar-refractivity contribution in [2.45, 2.75) is 25.2 Å². The van der Waals surface area contributed by atoms with E-state index in [9.17, 15) is 9.59 Å². The van der Waals surface area contributed by atoms with E-state index in [0.717, 1.165) is 41.4 Å². The second kappa shape index (κ2) is 8.75. The van der Waals surface area contributed by atoms with Gasteiger partial charge in [0, 0.05) is 16.6 Å². The lowest BCUT2D eigenvalue weighted by Crippen LogP contribution is -2.21. The first-order chi connectivity index (χ1) is 15.7. The molecule has 32 heavy (non-hydrogen) atoms. The first-order valence-corrected chi connectivity index (χ1v) is 10.9. The molecular formula is C28H23NO3. The van der Waals surface area contributed by atoms with Crippen LogP contribution in [0, 0.1) is 0 Å². The number of aromatic nitrogens is 1. The van der Waals surface area contributed by atoms with E-state index in [2.05, 4.69) is 12.1 Å². The molecule has 1 aliphatic carbocycles. The average Bonchev–Trinajstić information content (AvgIpc) is 2.86. The number of carbonyl (C=O) groups excluding carboxylic acids is 2. The van der Waals surface area contributed by atoms with Crippen LogP contribution in [0.5, 0.6) is 0 Å². The van der Waals surface area contributed by atoms with Crippen LogP contribution >= 0.6 is 0 Å². The molecule has 0 amide bonds. The Morgan fingerprint density at radius 3 is 2.34 bits per heavy atom. The van der Waals surface area contributed by atoms with Gasteiger partial charge >= 0.3 is 5.97 Å². The molecule has 1 heterocycles. The number of ether oxygens (including phenoxy) is 1. The topological polar surface area (TPSA) is 56.3 Å². The Hall–Kier alpha value is -3.79. The Bertz CT molecular complexity index is 1280. The third-order valence-electron chi connectivity index (χ3n) is 6.16. The summed E-state index contributed by atoms with van der Waals surface area (Å²) in [7, 11) is 0. The van der Waals surface area contributed by atoms with Gasteiger partial charge in [0.05, 0.1) is 11.1 Å². The summed E-state index contributed by atoms with van der Waals surface area (Å²) in [5, 5.41) is 0.775. The van der Waals surface area contributed by atoms with Gasteiger partial charge in [0.2, 0.25) is 0 Å². The molecule has 4 aromatic rings. The molecule has 0 radical (unpaired) electrons. The molecule has 4 nitrogen and oxygen atoms in total. The van der Waals surface area contributed by atoms with Crippen molar-refractivity contribution in [1.82, 2.24) is 4.98 Å². The summed E-state index contributed by atoms with van der Waals surface area (Å²) >= 11 is 0. The van der Waals surface area contributed by atoms with Gasteiger partial charge < -0.3 is 4.74 Å². The summed E-state index contributed by atoms with van der Waals surface area (Å²) in [6.45, 7) is -0.281. The highest BCUT2D eigenvalue weighted by Crippen LogP contribution is 2.36. The Balaban J connectivity index is 1.49. The lowest BCUT2D eigenvalue weighted by molar-refractivity contribution is 0.0475. The van der Waals surface area contributed by atoms with Crippen LogP contribution in [0.4, 0.5) is 0 Å². The van der Waals surface area contributed by atoms with Crippen LogP contribution in [0.3, 0.4) is 0 Å². The summed E-state index contributed by atoms with van der Waals surface area (Å²) in [5.74, 6) is -0.352. The van der Waals surface area contributed by atoms with Crippen LogP contribution in [0.15, 0.2) is 84.9 Å². The Labute approximate surface area is 186 Å². The maximum Gasteiger partial charge on any atom is 0.339 e. The number of benzene rings is 3. The van der Waals surface area contributed by atoms with Crippen LogP contribution in [0.25, 0.3) is 10.9 Å². The molecule has 3 aromatic carbocycles. The minimum absolute atomic E-state index is 0.214. The van der Waals surface area contributed by atoms with Crippen molar-refractivity contribution < 1.29 is 14.3 Å². The van der Waals surface area contributed by atoms with Crippen LogP contribution in [0.2, 0.25) is 0 Å². The second-order valence-corrected chi connectivity index (χ2v) is 8.14. The molecule has 1 atom stereocenters. The highest BCUT2D eigenvalue weighted by Gasteiger charge is 2.28. The highest BCUT2D eigenvalue weighted by atomic mass is 16.5. The molecule has 4 heteroatoms. The zero-order valence-corrected chi connectivity index (χ0v) is 17.7. The Kier molecular flexibility index (Phi) is 5.51. The van der Waals surface area contributed by atoms with Gasteiger partial charge in [-0.3, -0.25) is 9.78 Å². The first kappa shape index (κ1) is 20.1. The van der Waals surface area contributed by atoms with Gasteiger partial charge in [-0.25, -0.2) is 4.79 Å². The van der Waals surface area contributed by atoms with Gasteiger partial charge in [0.25, 0.3) is 0 Å². The predicted octanol–water partition coefficient (Wildman–Crippen LogP) is 5.55. The predicted molar refractivity (Wildman–Crippen MR) is 124 cm³/mol. The molecule has 0 bridgehead atoms. The zero-order valence-electron chi connectivity index (χ0n) is 17.7. The van der Waals surface area contributed by atoms with Crippen molar-refractivity contribution in [2.75, 3.05) is 6.61 Å². The lowest BCUT2D eigenvalue weighted by atomic mass is 9.80. The van der Waals surface area contributed by atoms with E-state index in [0.29, 0.717) is 17.0 Å². The third kappa shape index (κ3) is 3.92. The van der Waals surface area contributed by atoms with Crippen LogP contribution in [0.1, 0.15) is 49.9 Å². The SMILES string of the molecule is O=C(COC(=O)c1c2c(nc3ccccc13)CC[C@H](c1ccccc1)C2)c1ccccc1. The largest absolute Gasteiger partial charge is 0.454 e. The van der Waals surface area contributed by atoms with Gasteiger partial charge in [-0.05, 0) is 42.4 Å². The number of Topliss-reactive ketones (excluding diaryl/α,β-unsaturated/α-hetero) is 1. The summed E-state index contributed by atoms with van der Waals surface area (Å²) in [5.41, 5.74) is 5.03. The lowest BCUT2D eigenvalue weighted by Gasteiger charge is -2.26. The summed E-state index contributed by atoms with van der Waals surface area (Å²) < 4.78 is 5.54. The molecule has 1 aromatic heterocycles. The molecule has 5 rings (SSSR count). The van der Waals surface area contributed by atoms with Crippen LogP contribution < -0.4 is 0 Å². The van der Waals surface area contributed by atoms with E-state index >= 15 is 0 Å². The van der Waals surface area contributed by atoms with Gasteiger partial charge in [-0.1, -0.05) is 78.9 Å². The molecule has 0 aliphatic heterocycles. The van der Waals surface area contributed by atoms with Gasteiger partial charge in [0.1, 0.15) is 0 Å². The number of hydrogen-bond acceptors (Lipinski definition) is 4. The molecule has 158 valence electrons. The Morgan fingerprint density at radius 1 is 0.875 bits per heavy atom. The number of aryl methyl sites for hydroxylation is 1. The summed E-state index contributed by atoms with van der Waals surface area (Å²) in [6.07, 6.45) is 2.53. The fourth-order valence-electron chi connectivity index (χ4n) is 4.54. The number of nitrogens with zero attached hydrogens (tertiary/aromatic N) is 1. The van der Waals surface area contributed by atoms with E-state index in [1.165, 1.54) is 5.56 Å². The van der Waals surface area contributed by atoms with Crippen molar-refractivity contribution in [2.24, 2.45) is 0 Å². The summed E-state index contributed by atoms with van der Waals surface area (Å²) in [6, 6.07) is 26.9. The smallest absolute Gasteiger partial charge is 0.339 e. The molecule has 0 unspecified atom stereocenters. The molecule has 0 saturated heterocycles. The Morgan fingerprint density at radius 2 is 1.56 bits per heavy atom. The van der Waals surface area contributed by atoms with Crippen LogP contribution in [-0.2, 0) is 17.6 Å². The highest BCUT2D eigenvalue weighted by molar-refractivity contribution is 6.06. The normalized spacial score (nSPS) is 15.2. The van der Waals surface area contributed by atoms with E-state index in [1.807, 2.05) is 48.5 Å². The van der Waals surface area contributed by atoms with Crippen molar-refractivity contribution in [3.63, 3.8) is 0 Å². The van der Waals surface area contributed by atoms with Gasteiger partial charge in [-0.15, -0.1) is 0 Å². The molecule has 0 fully saturated rings. The maximum atomic E-state index is 13.3. The quantitative estimate of drug-likeness (QED) is 0.313. The number of para-hydroxylation sites is 1. The maximum absolute atomic E-state index is 13.3. The van der Waals surface area contributed by atoms with Crippen LogP contribution in [-0.4, -0.2) is 23.3 Å². The monoisotopic (exact) mass is 421 g/mol. The average molecular weight is 421 g/mol. The number of pyridine rings is 1. The number of carbonyl (C=O) groups is 2. The minimum atomic E-state index is -0.460. The number of hydrogen-bond donors (Lipinski definition) is 0. The molecular weight excluding hydrogens is 398 g/mol. The van der Waals surface area contributed by atoms with Gasteiger partial charge in [0.15, 0.2) is 12.4 Å². The van der Waals surface area contributed by atoms with Crippen molar-refractivity contribution >= 4 is 22.7 Å². The second-order valence-electron chi connectivity index (χ2n) is 8.14. The van der Waals surface area contributed by atoms with Crippen molar-refractivity contribution in [3.8, 4) is 0 Å². The molecule has 0 saturated carbocycles. The number of rotatable bonds is 5. The van der Waals surface area contributed by atoms with Gasteiger partial charge in [-0.2, -0.15) is 0 Å². The number of esters is 1. The van der Waals surface area contributed by atoms with E-state index in [-0.39, 0.29) is 12.4 Å². The number of fused-ring (bicyclic) bond motifs is 2. The van der Waals surface area contributed by atoms with E-state index in [4.69, 9.17) is 9.72 Å².